The first-order valence-electron chi connectivity index (χ1n) is 12.6. The molecule has 200 valence electrons. The Labute approximate surface area is 231 Å². The van der Waals surface area contributed by atoms with Gasteiger partial charge < -0.3 is 14.4 Å². The lowest BCUT2D eigenvalue weighted by molar-refractivity contribution is -0.139. The fourth-order valence-corrected chi connectivity index (χ4v) is 6.08. The smallest absolute Gasteiger partial charge is 0.338 e. The number of anilines is 1. The highest BCUT2D eigenvalue weighted by Gasteiger charge is 2.33. The standard InChI is InChI=1S/C29H33N3O4S2/c1-7-31(8-2)21-13-10-20(23(17-21)35-5)16-24-27(33)32-26(19-11-14-22(37-6)15-12-19)25(28(34)36-9-3)18(4)30-29(32)38-24/h10-17,26H,7-9H2,1-6H3/b24-16+/t26-/m1/s1. The number of ether oxygens (including phenoxy) is 2. The van der Waals surface area contributed by atoms with E-state index in [0.29, 0.717) is 26.4 Å². The van der Waals surface area contributed by atoms with Gasteiger partial charge in [0.05, 0.1) is 35.6 Å². The zero-order chi connectivity index (χ0) is 27.4. The van der Waals surface area contributed by atoms with Crippen LogP contribution in [0.3, 0.4) is 0 Å². The number of methoxy groups -OCH3 is 1. The van der Waals surface area contributed by atoms with Crippen LogP contribution in [0.2, 0.25) is 0 Å². The lowest BCUT2D eigenvalue weighted by Gasteiger charge is -2.24. The Morgan fingerprint density at radius 3 is 2.47 bits per heavy atom. The first-order chi connectivity index (χ1) is 18.4. The first kappa shape index (κ1) is 27.7. The maximum atomic E-state index is 13.9. The molecule has 1 atom stereocenters. The van der Waals surface area contributed by atoms with Gasteiger partial charge in [0.15, 0.2) is 4.80 Å². The Kier molecular flexibility index (Phi) is 8.79. The zero-order valence-electron chi connectivity index (χ0n) is 22.6. The Morgan fingerprint density at radius 1 is 1.16 bits per heavy atom. The van der Waals surface area contributed by atoms with Gasteiger partial charge in [0.2, 0.25) is 0 Å². The number of nitrogens with zero attached hydrogens (tertiary/aromatic N) is 3. The van der Waals surface area contributed by atoms with Crippen LogP contribution in [-0.4, -0.2) is 43.6 Å². The van der Waals surface area contributed by atoms with Crippen molar-refractivity contribution in [3.8, 4) is 5.75 Å². The lowest BCUT2D eigenvalue weighted by atomic mass is 9.96. The highest BCUT2D eigenvalue weighted by molar-refractivity contribution is 7.98. The fourth-order valence-electron chi connectivity index (χ4n) is 4.64. The fraction of sp³-hybridized carbons (Fsp3) is 0.345. The number of rotatable bonds is 9. The molecule has 1 aromatic heterocycles. The van der Waals surface area contributed by atoms with Crippen molar-refractivity contribution < 1.29 is 14.3 Å². The second kappa shape index (κ2) is 12.0. The first-order valence-corrected chi connectivity index (χ1v) is 14.7. The largest absolute Gasteiger partial charge is 0.496 e. The van der Waals surface area contributed by atoms with E-state index in [1.165, 1.54) is 11.3 Å². The molecule has 0 unspecified atom stereocenters. The third kappa shape index (κ3) is 5.31. The number of aromatic nitrogens is 1. The van der Waals surface area contributed by atoms with E-state index < -0.39 is 12.0 Å². The van der Waals surface area contributed by atoms with Crippen LogP contribution in [0, 0.1) is 0 Å². The molecule has 0 N–H and O–H groups in total. The van der Waals surface area contributed by atoms with Crippen LogP contribution >= 0.6 is 23.1 Å². The van der Waals surface area contributed by atoms with Crippen molar-refractivity contribution >= 4 is 40.8 Å². The number of carbonyl (C=O) groups excluding carboxylic acids is 1. The summed E-state index contributed by atoms with van der Waals surface area (Å²) in [7, 11) is 1.63. The van der Waals surface area contributed by atoms with Gasteiger partial charge in [-0.25, -0.2) is 9.79 Å². The zero-order valence-corrected chi connectivity index (χ0v) is 24.2. The summed E-state index contributed by atoms with van der Waals surface area (Å²) in [5.74, 6) is 0.225. The number of allylic oxidation sites excluding steroid dienone is 1. The predicted octanol–water partition coefficient (Wildman–Crippen LogP) is 4.38. The molecular formula is C29H33N3O4S2. The quantitative estimate of drug-likeness (QED) is 0.290. The van der Waals surface area contributed by atoms with E-state index in [-0.39, 0.29) is 12.2 Å². The van der Waals surface area contributed by atoms with Crippen LogP contribution in [0.1, 0.15) is 44.9 Å². The number of hydrogen-bond acceptors (Lipinski definition) is 8. The van der Waals surface area contributed by atoms with Crippen molar-refractivity contribution in [1.82, 2.24) is 4.57 Å². The molecule has 4 rings (SSSR count). The van der Waals surface area contributed by atoms with Crippen molar-refractivity contribution in [3.05, 3.63) is 84.5 Å². The number of fused-ring (bicyclic) bond motifs is 1. The maximum absolute atomic E-state index is 13.9. The molecule has 2 aromatic carbocycles. The van der Waals surface area contributed by atoms with Crippen LogP contribution in [0.15, 0.2) is 68.4 Å². The summed E-state index contributed by atoms with van der Waals surface area (Å²) in [6.45, 7) is 9.80. The highest BCUT2D eigenvalue weighted by Crippen LogP contribution is 2.32. The van der Waals surface area contributed by atoms with E-state index in [1.807, 2.05) is 54.8 Å². The second-order valence-corrected chi connectivity index (χ2v) is 10.6. The summed E-state index contributed by atoms with van der Waals surface area (Å²) < 4.78 is 13.2. The van der Waals surface area contributed by atoms with Crippen molar-refractivity contribution in [1.29, 1.82) is 0 Å². The summed E-state index contributed by atoms with van der Waals surface area (Å²) >= 11 is 2.94. The molecule has 9 heteroatoms. The Morgan fingerprint density at radius 2 is 1.87 bits per heavy atom. The lowest BCUT2D eigenvalue weighted by Crippen LogP contribution is -2.39. The molecule has 3 aromatic rings. The van der Waals surface area contributed by atoms with E-state index in [2.05, 4.69) is 23.7 Å². The van der Waals surface area contributed by atoms with E-state index in [9.17, 15) is 9.59 Å². The van der Waals surface area contributed by atoms with Crippen molar-refractivity contribution in [2.75, 3.05) is 38.0 Å². The van der Waals surface area contributed by atoms with Gasteiger partial charge in [-0.3, -0.25) is 9.36 Å². The number of hydrogen-bond donors (Lipinski definition) is 0. The minimum absolute atomic E-state index is 0.211. The van der Waals surface area contributed by atoms with Crippen molar-refractivity contribution in [2.24, 2.45) is 4.99 Å². The molecule has 38 heavy (non-hydrogen) atoms. The van der Waals surface area contributed by atoms with Crippen LogP contribution in [0.25, 0.3) is 6.08 Å². The monoisotopic (exact) mass is 551 g/mol. The average molecular weight is 552 g/mol. The van der Waals surface area contributed by atoms with Crippen LogP contribution in [0.4, 0.5) is 5.69 Å². The molecule has 0 fully saturated rings. The minimum atomic E-state index is -0.629. The summed E-state index contributed by atoms with van der Waals surface area (Å²) in [5.41, 5.74) is 3.41. The Bertz CT molecular complexity index is 1530. The van der Waals surface area contributed by atoms with Crippen LogP contribution < -0.4 is 24.5 Å². The van der Waals surface area contributed by atoms with E-state index in [0.717, 1.165) is 34.8 Å². The number of carbonyl (C=O) groups is 1. The molecule has 0 spiro atoms. The van der Waals surface area contributed by atoms with Gasteiger partial charge in [-0.05, 0) is 69.9 Å². The van der Waals surface area contributed by atoms with Crippen LogP contribution in [0.5, 0.6) is 5.75 Å². The molecule has 0 saturated carbocycles. The molecule has 1 aliphatic rings. The molecule has 0 saturated heterocycles. The average Bonchev–Trinajstić information content (AvgIpc) is 3.23. The van der Waals surface area contributed by atoms with Crippen LogP contribution in [-0.2, 0) is 9.53 Å². The van der Waals surface area contributed by atoms with Gasteiger partial charge in [0.25, 0.3) is 5.56 Å². The number of esters is 1. The van der Waals surface area contributed by atoms with E-state index >= 15 is 0 Å². The third-order valence-corrected chi connectivity index (χ3v) is 8.31. The Balaban J connectivity index is 1.89. The van der Waals surface area contributed by atoms with Crippen molar-refractivity contribution in [2.45, 2.75) is 38.6 Å². The number of thiazole rings is 1. The molecule has 2 heterocycles. The second-order valence-electron chi connectivity index (χ2n) is 8.67. The summed E-state index contributed by atoms with van der Waals surface area (Å²) in [5, 5.41) is 0. The molecule has 0 amide bonds. The topological polar surface area (TPSA) is 73.1 Å². The maximum Gasteiger partial charge on any atom is 0.338 e. The number of thioether (sulfide) groups is 1. The van der Waals surface area contributed by atoms with Gasteiger partial charge in [0.1, 0.15) is 5.75 Å². The minimum Gasteiger partial charge on any atom is -0.496 e. The van der Waals surface area contributed by atoms with Crippen molar-refractivity contribution in [3.63, 3.8) is 0 Å². The number of benzene rings is 2. The normalized spacial score (nSPS) is 15.2. The van der Waals surface area contributed by atoms with Gasteiger partial charge >= 0.3 is 5.97 Å². The molecule has 0 aliphatic carbocycles. The summed E-state index contributed by atoms with van der Waals surface area (Å²) in [4.78, 5) is 35.5. The SMILES string of the molecule is CCOC(=O)C1=C(C)N=c2s/c(=C/c3ccc(N(CC)CC)cc3OC)c(=O)n2[C@@H]1c1ccc(SC)cc1. The highest BCUT2D eigenvalue weighted by atomic mass is 32.2. The van der Waals surface area contributed by atoms with Gasteiger partial charge in [0, 0.05) is 35.3 Å². The molecule has 0 bridgehead atoms. The Hall–Kier alpha value is -3.30. The summed E-state index contributed by atoms with van der Waals surface area (Å²) in [6.07, 6.45) is 3.85. The molecule has 0 radical (unpaired) electrons. The summed E-state index contributed by atoms with van der Waals surface area (Å²) in [6, 6.07) is 13.3. The van der Waals surface area contributed by atoms with Gasteiger partial charge in [-0.1, -0.05) is 23.5 Å². The van der Waals surface area contributed by atoms with E-state index in [4.69, 9.17) is 9.47 Å². The van der Waals surface area contributed by atoms with Gasteiger partial charge in [-0.2, -0.15) is 0 Å². The molecule has 1 aliphatic heterocycles. The predicted molar refractivity (Wildman–Crippen MR) is 155 cm³/mol. The molecular weight excluding hydrogens is 518 g/mol. The van der Waals surface area contributed by atoms with E-state index in [1.54, 1.807) is 37.3 Å². The third-order valence-electron chi connectivity index (χ3n) is 6.58. The molecule has 7 nitrogen and oxygen atoms in total. The van der Waals surface area contributed by atoms with Gasteiger partial charge in [-0.15, -0.1) is 11.8 Å².